The van der Waals surface area contributed by atoms with Crippen molar-refractivity contribution in [2.24, 2.45) is 4.99 Å². The van der Waals surface area contributed by atoms with Crippen molar-refractivity contribution in [1.82, 2.24) is 4.57 Å². The number of nitrogens with zero attached hydrogens (tertiary/aromatic N) is 2. The third kappa shape index (κ3) is 5.57. The second-order valence-electron chi connectivity index (χ2n) is 8.37. The summed E-state index contributed by atoms with van der Waals surface area (Å²) in [4.78, 5) is 31.7. The highest BCUT2D eigenvalue weighted by atomic mass is 32.1. The molecule has 1 unspecified atom stereocenters. The van der Waals surface area contributed by atoms with Crippen LogP contribution in [0, 0.1) is 0 Å². The van der Waals surface area contributed by atoms with E-state index in [-0.39, 0.29) is 12.2 Å². The first-order valence-corrected chi connectivity index (χ1v) is 13.0. The number of carbonyl (C=O) groups excluding carboxylic acids is 1. The molecule has 0 fully saturated rings. The number of rotatable bonds is 9. The third-order valence-electron chi connectivity index (χ3n) is 5.82. The Balaban J connectivity index is 1.77. The van der Waals surface area contributed by atoms with E-state index in [1.54, 1.807) is 24.5 Å². The topological polar surface area (TPSA) is 69.9 Å². The summed E-state index contributed by atoms with van der Waals surface area (Å²) < 4.78 is 13.3. The molecule has 0 bridgehead atoms. The minimum absolute atomic E-state index is 0.195. The third-order valence-corrected chi connectivity index (χ3v) is 6.82. The second kappa shape index (κ2) is 11.8. The maximum absolute atomic E-state index is 13.6. The standard InChI is InChI=1S/C29H30N2O4S/c1-4-6-19-35-23-17-15-22(16-18-23)26-25(28(33)34-5-2)20(3)30-29-31(26)27(32)24(36-29)14-10-13-21-11-8-7-9-12-21/h7-18,26H,4-6,19H2,1-3H3. The molecule has 1 aliphatic rings. The average Bonchev–Trinajstić information content (AvgIpc) is 3.19. The minimum Gasteiger partial charge on any atom is -0.494 e. The van der Waals surface area contributed by atoms with Crippen molar-refractivity contribution >= 4 is 29.5 Å². The molecule has 0 saturated heterocycles. The molecular formula is C29H30N2O4S. The van der Waals surface area contributed by atoms with Crippen molar-refractivity contribution in [3.8, 4) is 5.75 Å². The van der Waals surface area contributed by atoms with Crippen LogP contribution in [0.5, 0.6) is 5.75 Å². The summed E-state index contributed by atoms with van der Waals surface area (Å²) in [5, 5.41) is 0. The molecule has 0 amide bonds. The van der Waals surface area contributed by atoms with Crippen LogP contribution in [-0.4, -0.2) is 23.8 Å². The highest BCUT2D eigenvalue weighted by molar-refractivity contribution is 7.07. The number of unbranched alkanes of at least 4 members (excludes halogenated alkanes) is 1. The van der Waals surface area contributed by atoms with Gasteiger partial charge in [0.25, 0.3) is 5.56 Å². The number of allylic oxidation sites excluding steroid dienone is 2. The van der Waals surface area contributed by atoms with Crippen LogP contribution in [0.1, 0.15) is 50.8 Å². The van der Waals surface area contributed by atoms with Crippen LogP contribution in [0.15, 0.2) is 81.7 Å². The first-order valence-electron chi connectivity index (χ1n) is 12.2. The monoisotopic (exact) mass is 502 g/mol. The molecule has 0 radical (unpaired) electrons. The molecule has 4 rings (SSSR count). The lowest BCUT2D eigenvalue weighted by molar-refractivity contribution is -0.139. The molecule has 0 saturated carbocycles. The molecule has 2 heterocycles. The van der Waals surface area contributed by atoms with Crippen molar-refractivity contribution in [2.45, 2.75) is 39.7 Å². The summed E-state index contributed by atoms with van der Waals surface area (Å²) in [7, 11) is 0. The summed E-state index contributed by atoms with van der Waals surface area (Å²) in [5.74, 6) is 0.286. The Morgan fingerprint density at radius 2 is 1.86 bits per heavy atom. The van der Waals surface area contributed by atoms with Crippen molar-refractivity contribution in [3.63, 3.8) is 0 Å². The number of ether oxygens (including phenoxy) is 2. The molecule has 1 aliphatic heterocycles. The second-order valence-corrected chi connectivity index (χ2v) is 9.37. The highest BCUT2D eigenvalue weighted by Gasteiger charge is 2.33. The molecule has 2 aromatic carbocycles. The number of hydrogen-bond donors (Lipinski definition) is 0. The molecule has 7 heteroatoms. The van der Waals surface area contributed by atoms with E-state index in [1.165, 1.54) is 11.3 Å². The SMILES string of the molecule is CCCCOc1ccc(C2C(C(=O)OCC)=C(C)N=c3sc(=CC=Cc4ccccc4)c(=O)n32)cc1. The van der Waals surface area contributed by atoms with E-state index in [0.717, 1.165) is 29.7 Å². The van der Waals surface area contributed by atoms with Crippen LogP contribution in [-0.2, 0) is 9.53 Å². The molecule has 1 atom stereocenters. The Morgan fingerprint density at radius 1 is 1.11 bits per heavy atom. The van der Waals surface area contributed by atoms with E-state index in [9.17, 15) is 9.59 Å². The Hall–Kier alpha value is -3.71. The Labute approximate surface area is 214 Å². The van der Waals surface area contributed by atoms with E-state index >= 15 is 0 Å². The Morgan fingerprint density at radius 3 is 2.56 bits per heavy atom. The lowest BCUT2D eigenvalue weighted by Crippen LogP contribution is -2.39. The maximum atomic E-state index is 13.6. The van der Waals surface area contributed by atoms with Crippen molar-refractivity contribution < 1.29 is 14.3 Å². The quantitative estimate of drug-likeness (QED) is 0.316. The molecule has 3 aromatic rings. The van der Waals surface area contributed by atoms with Gasteiger partial charge in [-0.15, -0.1) is 0 Å². The Kier molecular flexibility index (Phi) is 8.33. The van der Waals surface area contributed by atoms with E-state index < -0.39 is 12.0 Å². The fraction of sp³-hybridized carbons (Fsp3) is 0.276. The summed E-state index contributed by atoms with van der Waals surface area (Å²) >= 11 is 1.31. The molecular weight excluding hydrogens is 472 g/mol. The zero-order valence-electron chi connectivity index (χ0n) is 20.8. The zero-order valence-corrected chi connectivity index (χ0v) is 21.6. The molecule has 186 valence electrons. The molecule has 0 aliphatic carbocycles. The highest BCUT2D eigenvalue weighted by Crippen LogP contribution is 2.31. The van der Waals surface area contributed by atoms with Gasteiger partial charge < -0.3 is 9.47 Å². The van der Waals surface area contributed by atoms with Gasteiger partial charge in [0.2, 0.25) is 0 Å². The lowest BCUT2D eigenvalue weighted by Gasteiger charge is -2.24. The molecule has 0 N–H and O–H groups in total. The molecule has 36 heavy (non-hydrogen) atoms. The first-order chi connectivity index (χ1) is 17.5. The van der Waals surface area contributed by atoms with Crippen LogP contribution in [0.3, 0.4) is 0 Å². The van der Waals surface area contributed by atoms with Gasteiger partial charge in [-0.25, -0.2) is 9.79 Å². The Bertz CT molecular complexity index is 1450. The van der Waals surface area contributed by atoms with Crippen molar-refractivity contribution in [1.29, 1.82) is 0 Å². The molecule has 0 spiro atoms. The van der Waals surface area contributed by atoms with Gasteiger partial charge in [-0.2, -0.15) is 0 Å². The number of fused-ring (bicyclic) bond motifs is 1. The fourth-order valence-corrected chi connectivity index (χ4v) is 5.01. The van der Waals surface area contributed by atoms with Gasteiger partial charge in [0.1, 0.15) is 5.75 Å². The summed E-state index contributed by atoms with van der Waals surface area (Å²) in [6, 6.07) is 16.8. The fourth-order valence-electron chi connectivity index (χ4n) is 4.01. The van der Waals surface area contributed by atoms with E-state index in [4.69, 9.17) is 9.47 Å². The van der Waals surface area contributed by atoms with Gasteiger partial charge in [-0.3, -0.25) is 9.36 Å². The van der Waals surface area contributed by atoms with Gasteiger partial charge >= 0.3 is 5.97 Å². The summed E-state index contributed by atoms with van der Waals surface area (Å²) in [6.07, 6.45) is 7.63. The van der Waals surface area contributed by atoms with Crippen LogP contribution < -0.4 is 19.6 Å². The van der Waals surface area contributed by atoms with E-state index in [2.05, 4.69) is 11.9 Å². The van der Waals surface area contributed by atoms with Crippen LogP contribution >= 0.6 is 11.3 Å². The number of benzene rings is 2. The zero-order chi connectivity index (χ0) is 25.5. The van der Waals surface area contributed by atoms with Gasteiger partial charge in [-0.05, 0) is 49.6 Å². The smallest absolute Gasteiger partial charge is 0.338 e. The number of esters is 1. The predicted octanol–water partition coefficient (Wildman–Crippen LogP) is 4.64. The maximum Gasteiger partial charge on any atom is 0.338 e. The van der Waals surface area contributed by atoms with Crippen LogP contribution in [0.25, 0.3) is 12.2 Å². The van der Waals surface area contributed by atoms with Gasteiger partial charge in [-0.1, -0.05) is 79.3 Å². The first kappa shape index (κ1) is 25.4. The number of aromatic nitrogens is 1. The van der Waals surface area contributed by atoms with Crippen LogP contribution in [0.2, 0.25) is 0 Å². The molecule has 6 nitrogen and oxygen atoms in total. The van der Waals surface area contributed by atoms with Crippen LogP contribution in [0.4, 0.5) is 0 Å². The van der Waals surface area contributed by atoms with E-state index in [1.807, 2.05) is 66.7 Å². The number of hydrogen-bond acceptors (Lipinski definition) is 6. The summed E-state index contributed by atoms with van der Waals surface area (Å²) in [6.45, 7) is 6.55. The van der Waals surface area contributed by atoms with E-state index in [0.29, 0.717) is 27.2 Å². The largest absolute Gasteiger partial charge is 0.494 e. The number of thiazole rings is 1. The van der Waals surface area contributed by atoms with Gasteiger partial charge in [0.15, 0.2) is 4.80 Å². The van der Waals surface area contributed by atoms with Crippen molar-refractivity contribution in [2.75, 3.05) is 13.2 Å². The normalized spacial score (nSPS) is 15.6. The lowest BCUT2D eigenvalue weighted by atomic mass is 9.96. The number of carbonyl (C=O) groups is 1. The minimum atomic E-state index is -0.634. The van der Waals surface area contributed by atoms with Gasteiger partial charge in [0, 0.05) is 0 Å². The molecule has 1 aromatic heterocycles. The predicted molar refractivity (Wildman–Crippen MR) is 144 cm³/mol. The average molecular weight is 503 g/mol. The van der Waals surface area contributed by atoms with Crippen molar-refractivity contribution in [3.05, 3.63) is 103 Å². The van der Waals surface area contributed by atoms with Gasteiger partial charge in [0.05, 0.1) is 35.1 Å². The summed E-state index contributed by atoms with van der Waals surface area (Å²) in [5.41, 5.74) is 2.56.